The number of azide groups is 1. The Bertz CT molecular complexity index is 1120. The molecular weight excluding hydrogens is 493 g/mol. The van der Waals surface area contributed by atoms with Gasteiger partial charge in [0.15, 0.2) is 0 Å². The highest BCUT2D eigenvalue weighted by atomic mass is 35.5. The molecule has 1 aromatic heterocycles. The Balaban J connectivity index is 1.57. The molecule has 2 aliphatic heterocycles. The fourth-order valence-electron chi connectivity index (χ4n) is 5.61. The minimum absolute atomic E-state index is 0.0612. The maximum Gasteiger partial charge on any atom is 0.150 e. The highest BCUT2D eigenvalue weighted by molar-refractivity contribution is 6.38. The number of ether oxygens (including phenoxy) is 4. The van der Waals surface area contributed by atoms with Gasteiger partial charge in [-0.1, -0.05) is 28.3 Å². The van der Waals surface area contributed by atoms with Crippen LogP contribution in [-0.2, 0) is 22.3 Å². The second-order valence-electron chi connectivity index (χ2n) is 9.25. The van der Waals surface area contributed by atoms with Gasteiger partial charge in [-0.25, -0.2) is 4.68 Å². The van der Waals surface area contributed by atoms with E-state index >= 15 is 0 Å². The standard InChI is InChI=1S/C24H29Cl2N5O4/c1-32-18-10-19(33-2)23(26)21(22(18)25)13-6-7-14-17(9-13)31(20-5-3-4-8-35-20)29-24(14)15-11-34-12-16(15)28-30-27/h10,13,15-16,20H,3-9,11-12H2,1-2H3/t13?,15-,16+,20?/m0/s1. The van der Waals surface area contributed by atoms with Gasteiger partial charge >= 0.3 is 0 Å². The van der Waals surface area contributed by atoms with E-state index in [0.717, 1.165) is 55.7 Å². The number of hydrogen-bond acceptors (Lipinski definition) is 6. The Kier molecular flexibility index (Phi) is 7.32. The molecule has 0 saturated carbocycles. The fraction of sp³-hybridized carbons (Fsp3) is 0.625. The second kappa shape index (κ2) is 10.4. The predicted octanol–water partition coefficient (Wildman–Crippen LogP) is 5.97. The molecule has 188 valence electrons. The number of nitrogens with zero attached hydrogens (tertiary/aromatic N) is 5. The van der Waals surface area contributed by atoms with E-state index in [-0.39, 0.29) is 24.1 Å². The summed E-state index contributed by atoms with van der Waals surface area (Å²) in [6.07, 6.45) is 5.29. The topological polar surface area (TPSA) is 104 Å². The third-order valence-electron chi connectivity index (χ3n) is 7.38. The van der Waals surface area contributed by atoms with Crippen molar-refractivity contribution in [1.29, 1.82) is 0 Å². The largest absolute Gasteiger partial charge is 0.495 e. The van der Waals surface area contributed by atoms with E-state index in [1.165, 1.54) is 5.56 Å². The molecule has 35 heavy (non-hydrogen) atoms. The Morgan fingerprint density at radius 3 is 2.57 bits per heavy atom. The Hall–Kier alpha value is -2.16. The van der Waals surface area contributed by atoms with Gasteiger partial charge in [-0.2, -0.15) is 5.10 Å². The van der Waals surface area contributed by atoms with Crippen LogP contribution in [0.5, 0.6) is 11.5 Å². The number of fused-ring (bicyclic) bond motifs is 1. The van der Waals surface area contributed by atoms with Crippen LogP contribution in [-0.4, -0.2) is 49.9 Å². The first kappa shape index (κ1) is 24.5. The smallest absolute Gasteiger partial charge is 0.150 e. The molecule has 0 radical (unpaired) electrons. The van der Waals surface area contributed by atoms with Crippen LogP contribution in [0, 0.1) is 0 Å². The lowest BCUT2D eigenvalue weighted by Gasteiger charge is -2.30. The molecular formula is C24H29Cl2N5O4. The molecule has 2 unspecified atom stereocenters. The number of halogens is 2. The van der Waals surface area contributed by atoms with Crippen molar-refractivity contribution < 1.29 is 18.9 Å². The van der Waals surface area contributed by atoms with Crippen molar-refractivity contribution in [2.75, 3.05) is 34.0 Å². The van der Waals surface area contributed by atoms with Gasteiger partial charge in [0, 0.05) is 34.8 Å². The third-order valence-corrected chi connectivity index (χ3v) is 8.16. The van der Waals surface area contributed by atoms with Crippen molar-refractivity contribution in [2.24, 2.45) is 5.11 Å². The zero-order valence-electron chi connectivity index (χ0n) is 19.9. The van der Waals surface area contributed by atoms with Gasteiger partial charge in [0.2, 0.25) is 0 Å². The van der Waals surface area contributed by atoms with Crippen LogP contribution < -0.4 is 9.47 Å². The van der Waals surface area contributed by atoms with Crippen molar-refractivity contribution in [1.82, 2.24) is 9.78 Å². The van der Waals surface area contributed by atoms with Crippen molar-refractivity contribution >= 4 is 23.2 Å². The molecule has 5 rings (SSSR count). The van der Waals surface area contributed by atoms with Gasteiger partial charge < -0.3 is 18.9 Å². The lowest BCUT2D eigenvalue weighted by Crippen LogP contribution is -2.24. The third kappa shape index (κ3) is 4.45. The molecule has 2 fully saturated rings. The lowest BCUT2D eigenvalue weighted by molar-refractivity contribution is -0.0416. The molecule has 0 spiro atoms. The predicted molar refractivity (Wildman–Crippen MR) is 132 cm³/mol. The molecule has 4 atom stereocenters. The normalized spacial score (nSPS) is 26.2. The summed E-state index contributed by atoms with van der Waals surface area (Å²) in [5, 5.41) is 10.1. The average Bonchev–Trinajstić information content (AvgIpc) is 3.49. The molecule has 0 bridgehead atoms. The highest BCUT2D eigenvalue weighted by Gasteiger charge is 2.39. The summed E-state index contributed by atoms with van der Waals surface area (Å²) in [6, 6.07) is 1.46. The van der Waals surface area contributed by atoms with E-state index in [1.54, 1.807) is 20.3 Å². The SMILES string of the molecule is COc1cc(OC)c(Cl)c(C2CCc3c([C@H]4COC[C@H]4N=[N+]=[N-])nn(C4CCCCO4)c3C2)c1Cl. The zero-order chi connectivity index (χ0) is 24.5. The summed E-state index contributed by atoms with van der Waals surface area (Å²) >= 11 is 13.6. The monoisotopic (exact) mass is 521 g/mol. The Morgan fingerprint density at radius 2 is 1.91 bits per heavy atom. The van der Waals surface area contributed by atoms with Crippen LogP contribution in [0.15, 0.2) is 11.2 Å². The number of aromatic nitrogens is 2. The number of benzene rings is 1. The molecule has 3 heterocycles. The number of rotatable bonds is 6. The molecule has 9 nitrogen and oxygen atoms in total. The summed E-state index contributed by atoms with van der Waals surface area (Å²) in [5.41, 5.74) is 13.2. The summed E-state index contributed by atoms with van der Waals surface area (Å²) in [4.78, 5) is 3.04. The van der Waals surface area contributed by atoms with E-state index in [0.29, 0.717) is 41.2 Å². The molecule has 2 aromatic rings. The van der Waals surface area contributed by atoms with Crippen molar-refractivity contribution in [3.63, 3.8) is 0 Å². The molecule has 2 saturated heterocycles. The summed E-state index contributed by atoms with van der Waals surface area (Å²) in [5.74, 6) is 1.08. The summed E-state index contributed by atoms with van der Waals surface area (Å²) in [7, 11) is 3.17. The van der Waals surface area contributed by atoms with E-state index in [9.17, 15) is 0 Å². The van der Waals surface area contributed by atoms with Gasteiger partial charge in [0.1, 0.15) is 17.7 Å². The van der Waals surface area contributed by atoms with Crippen LogP contribution in [0.4, 0.5) is 0 Å². The first-order valence-electron chi connectivity index (χ1n) is 12.0. The van der Waals surface area contributed by atoms with Gasteiger partial charge in [-0.05, 0) is 55.5 Å². The molecule has 0 N–H and O–H groups in total. The van der Waals surface area contributed by atoms with Gasteiger partial charge in [-0.3, -0.25) is 0 Å². The van der Waals surface area contributed by atoms with E-state index in [2.05, 4.69) is 14.7 Å². The summed E-state index contributed by atoms with van der Waals surface area (Å²) in [6.45, 7) is 1.62. The molecule has 1 aliphatic carbocycles. The molecule has 11 heteroatoms. The van der Waals surface area contributed by atoms with Crippen LogP contribution in [0.1, 0.15) is 66.3 Å². The van der Waals surface area contributed by atoms with Crippen LogP contribution in [0.3, 0.4) is 0 Å². The quantitative estimate of drug-likeness (QED) is 0.264. The van der Waals surface area contributed by atoms with Crippen molar-refractivity contribution in [2.45, 2.75) is 62.6 Å². The second-order valence-corrected chi connectivity index (χ2v) is 10.0. The van der Waals surface area contributed by atoms with Gasteiger partial charge in [-0.15, -0.1) is 0 Å². The molecule has 1 aromatic carbocycles. The van der Waals surface area contributed by atoms with Crippen molar-refractivity contribution in [3.05, 3.63) is 49.1 Å². The average molecular weight is 522 g/mol. The van der Waals surface area contributed by atoms with Crippen LogP contribution >= 0.6 is 23.2 Å². The van der Waals surface area contributed by atoms with E-state index < -0.39 is 0 Å². The highest BCUT2D eigenvalue weighted by Crippen LogP contribution is 2.48. The first-order chi connectivity index (χ1) is 17.1. The van der Waals surface area contributed by atoms with E-state index in [1.807, 2.05) is 0 Å². The maximum atomic E-state index is 9.05. The summed E-state index contributed by atoms with van der Waals surface area (Å²) < 4.78 is 24.9. The van der Waals surface area contributed by atoms with E-state index in [4.69, 9.17) is 52.8 Å². The number of methoxy groups -OCH3 is 2. The molecule has 3 aliphatic rings. The Labute approximate surface area is 214 Å². The van der Waals surface area contributed by atoms with Crippen molar-refractivity contribution in [3.8, 4) is 11.5 Å². The minimum atomic E-state index is -0.260. The van der Waals surface area contributed by atoms with Crippen LogP contribution in [0.25, 0.3) is 10.4 Å². The minimum Gasteiger partial charge on any atom is -0.495 e. The molecule has 0 amide bonds. The van der Waals surface area contributed by atoms with Crippen LogP contribution in [0.2, 0.25) is 10.0 Å². The first-order valence-corrected chi connectivity index (χ1v) is 12.8. The Morgan fingerprint density at radius 1 is 1.14 bits per heavy atom. The zero-order valence-corrected chi connectivity index (χ0v) is 21.4. The number of hydrogen-bond donors (Lipinski definition) is 0. The fourth-order valence-corrected chi connectivity index (χ4v) is 6.42. The lowest BCUT2D eigenvalue weighted by atomic mass is 9.80. The van der Waals surface area contributed by atoms with Gasteiger partial charge in [0.05, 0.1) is 49.2 Å². The van der Waals surface area contributed by atoms with Gasteiger partial charge in [0.25, 0.3) is 0 Å². The maximum absolute atomic E-state index is 9.05.